The summed E-state index contributed by atoms with van der Waals surface area (Å²) in [7, 11) is 4.02. The minimum Gasteiger partial charge on any atom is -0.504 e. The van der Waals surface area contributed by atoms with Crippen molar-refractivity contribution in [2.24, 2.45) is 0 Å². The van der Waals surface area contributed by atoms with Crippen LogP contribution < -0.4 is 20.3 Å². The highest BCUT2D eigenvalue weighted by molar-refractivity contribution is 5.90. The molecule has 3 aromatic rings. The van der Waals surface area contributed by atoms with E-state index in [1.165, 1.54) is 0 Å². The minimum atomic E-state index is 0.238. The fourth-order valence-electron chi connectivity index (χ4n) is 4.33. The number of nitrogens with zero attached hydrogens (tertiary/aromatic N) is 3. The molecule has 1 aliphatic carbocycles. The van der Waals surface area contributed by atoms with Crippen molar-refractivity contribution in [3.8, 4) is 11.5 Å². The fraction of sp³-hybridized carbons (Fsp3) is 0.440. The minimum absolute atomic E-state index is 0.238. The van der Waals surface area contributed by atoms with Crippen LogP contribution in [0.5, 0.6) is 11.5 Å². The third-order valence-corrected chi connectivity index (χ3v) is 6.03. The molecule has 1 aliphatic rings. The van der Waals surface area contributed by atoms with Gasteiger partial charge in [0.1, 0.15) is 5.82 Å². The molecule has 0 radical (unpaired) electrons. The van der Waals surface area contributed by atoms with Crippen LogP contribution in [-0.2, 0) is 6.54 Å². The van der Waals surface area contributed by atoms with E-state index >= 15 is 0 Å². The van der Waals surface area contributed by atoms with Crippen LogP contribution in [0.3, 0.4) is 0 Å². The summed E-state index contributed by atoms with van der Waals surface area (Å²) in [6.45, 7) is 3.09. The quantitative estimate of drug-likeness (QED) is 0.486. The number of nitrogens with one attached hydrogen (secondary N) is 2. The molecular formula is C25H33N5O2. The lowest BCUT2D eigenvalue weighted by Crippen LogP contribution is -2.37. The molecule has 0 bridgehead atoms. The smallest absolute Gasteiger partial charge is 0.225 e. The molecule has 1 fully saturated rings. The number of rotatable bonds is 8. The van der Waals surface area contributed by atoms with Crippen LogP contribution in [-0.4, -0.2) is 47.9 Å². The molecule has 2 aromatic carbocycles. The Hall–Kier alpha value is -3.06. The Kier molecular flexibility index (Phi) is 6.95. The lowest BCUT2D eigenvalue weighted by molar-refractivity contribution is 0.314. The zero-order valence-corrected chi connectivity index (χ0v) is 19.1. The lowest BCUT2D eigenvalue weighted by atomic mass is 9.91. The molecule has 1 heterocycles. The molecule has 0 atom stereocenters. The first kappa shape index (κ1) is 22.1. The van der Waals surface area contributed by atoms with Crippen LogP contribution in [0.25, 0.3) is 10.9 Å². The summed E-state index contributed by atoms with van der Waals surface area (Å²) in [5.74, 6) is 2.42. The molecule has 1 saturated carbocycles. The Labute approximate surface area is 189 Å². The molecule has 0 unspecified atom stereocenters. The van der Waals surface area contributed by atoms with Gasteiger partial charge in [0.25, 0.3) is 0 Å². The van der Waals surface area contributed by atoms with Gasteiger partial charge in [0.15, 0.2) is 11.5 Å². The van der Waals surface area contributed by atoms with E-state index in [9.17, 15) is 5.11 Å². The van der Waals surface area contributed by atoms with Crippen molar-refractivity contribution in [2.75, 3.05) is 30.9 Å². The van der Waals surface area contributed by atoms with Gasteiger partial charge in [-0.05, 0) is 50.8 Å². The van der Waals surface area contributed by atoms with Crippen LogP contribution >= 0.6 is 0 Å². The number of hydrogen-bond acceptors (Lipinski definition) is 7. The van der Waals surface area contributed by atoms with E-state index in [1.54, 1.807) is 6.07 Å². The Bertz CT molecular complexity index is 1050. The first-order valence-corrected chi connectivity index (χ1v) is 11.4. The van der Waals surface area contributed by atoms with Gasteiger partial charge in [-0.25, -0.2) is 4.98 Å². The number of aromatic nitrogens is 2. The molecule has 7 heteroatoms. The topological polar surface area (TPSA) is 82.5 Å². The average Bonchev–Trinajstić information content (AvgIpc) is 2.80. The van der Waals surface area contributed by atoms with Crippen molar-refractivity contribution in [3.05, 3.63) is 48.0 Å². The first-order chi connectivity index (χ1) is 15.5. The summed E-state index contributed by atoms with van der Waals surface area (Å²) in [6, 6.07) is 14.6. The maximum Gasteiger partial charge on any atom is 0.225 e. The normalized spacial score (nSPS) is 18.5. The van der Waals surface area contributed by atoms with Gasteiger partial charge >= 0.3 is 0 Å². The van der Waals surface area contributed by atoms with Gasteiger partial charge in [0.2, 0.25) is 5.95 Å². The number of phenols is 1. The van der Waals surface area contributed by atoms with Crippen LogP contribution in [0.2, 0.25) is 0 Å². The standard InChI is InChI=1S/C25H33N5O2/c1-4-32-22-11-7-8-17(23(22)31)16-26-18-12-14-19(15-13-18)27-25-28-21-10-6-5-9-20(21)24(29-25)30(2)3/h5-11,18-19,26,31H,4,12-16H2,1-3H3,(H,27,28,29). The van der Waals surface area contributed by atoms with Crippen LogP contribution in [0.4, 0.5) is 11.8 Å². The second-order valence-corrected chi connectivity index (χ2v) is 8.55. The zero-order chi connectivity index (χ0) is 22.5. The van der Waals surface area contributed by atoms with Crippen molar-refractivity contribution in [2.45, 2.75) is 51.2 Å². The third-order valence-electron chi connectivity index (χ3n) is 6.03. The SMILES string of the molecule is CCOc1cccc(CNC2CCC(Nc3nc(N(C)C)c4ccccc4n3)CC2)c1O. The number of para-hydroxylation sites is 2. The van der Waals surface area contributed by atoms with Crippen molar-refractivity contribution < 1.29 is 9.84 Å². The van der Waals surface area contributed by atoms with Gasteiger partial charge < -0.3 is 25.4 Å². The van der Waals surface area contributed by atoms with Crippen molar-refractivity contribution in [1.29, 1.82) is 0 Å². The van der Waals surface area contributed by atoms with Gasteiger partial charge in [-0.3, -0.25) is 0 Å². The Morgan fingerprint density at radius 3 is 2.50 bits per heavy atom. The van der Waals surface area contributed by atoms with Gasteiger partial charge in [0.05, 0.1) is 12.1 Å². The number of hydrogen-bond donors (Lipinski definition) is 3. The van der Waals surface area contributed by atoms with E-state index < -0.39 is 0 Å². The van der Waals surface area contributed by atoms with Gasteiger partial charge in [0, 0.05) is 43.7 Å². The number of anilines is 2. The highest BCUT2D eigenvalue weighted by Crippen LogP contribution is 2.30. The summed E-state index contributed by atoms with van der Waals surface area (Å²) in [5.41, 5.74) is 1.83. The first-order valence-electron chi connectivity index (χ1n) is 11.4. The fourth-order valence-corrected chi connectivity index (χ4v) is 4.33. The lowest BCUT2D eigenvalue weighted by Gasteiger charge is -2.30. The maximum atomic E-state index is 10.4. The molecule has 170 valence electrons. The number of phenolic OH excluding ortho intramolecular Hbond substituents is 1. The number of ether oxygens (including phenoxy) is 1. The molecule has 0 aliphatic heterocycles. The summed E-state index contributed by atoms with van der Waals surface area (Å²) in [6.07, 6.45) is 4.24. The second-order valence-electron chi connectivity index (χ2n) is 8.55. The molecule has 32 heavy (non-hydrogen) atoms. The third kappa shape index (κ3) is 5.05. The van der Waals surface area contributed by atoms with E-state index in [2.05, 4.69) is 16.7 Å². The average molecular weight is 436 g/mol. The maximum absolute atomic E-state index is 10.4. The number of aromatic hydroxyl groups is 1. The second kappa shape index (κ2) is 10.0. The van der Waals surface area contributed by atoms with Crippen molar-refractivity contribution in [3.63, 3.8) is 0 Å². The molecule has 1 aromatic heterocycles. The summed E-state index contributed by atoms with van der Waals surface area (Å²) in [5, 5.41) is 18.6. The highest BCUT2D eigenvalue weighted by Gasteiger charge is 2.22. The molecule has 0 saturated heterocycles. The van der Waals surface area contributed by atoms with Crippen molar-refractivity contribution >= 4 is 22.7 Å². The van der Waals surface area contributed by atoms with E-state index in [0.29, 0.717) is 36.9 Å². The largest absolute Gasteiger partial charge is 0.504 e. The molecular weight excluding hydrogens is 402 g/mol. The Morgan fingerprint density at radius 2 is 1.75 bits per heavy atom. The molecule has 4 rings (SSSR count). The van der Waals surface area contributed by atoms with E-state index in [4.69, 9.17) is 14.7 Å². The van der Waals surface area contributed by atoms with Crippen molar-refractivity contribution in [1.82, 2.24) is 15.3 Å². The van der Waals surface area contributed by atoms with Crippen LogP contribution in [0.1, 0.15) is 38.2 Å². The summed E-state index contributed by atoms with van der Waals surface area (Å²) < 4.78 is 5.49. The molecule has 3 N–H and O–H groups in total. The van der Waals surface area contributed by atoms with Gasteiger partial charge in [-0.1, -0.05) is 24.3 Å². The van der Waals surface area contributed by atoms with Gasteiger partial charge in [-0.2, -0.15) is 4.98 Å². The molecule has 7 nitrogen and oxygen atoms in total. The number of fused-ring (bicyclic) bond motifs is 1. The van der Waals surface area contributed by atoms with Gasteiger partial charge in [-0.15, -0.1) is 0 Å². The Balaban J connectivity index is 1.33. The van der Waals surface area contributed by atoms with Crippen LogP contribution in [0.15, 0.2) is 42.5 Å². The summed E-state index contributed by atoms with van der Waals surface area (Å²) in [4.78, 5) is 11.5. The zero-order valence-electron chi connectivity index (χ0n) is 19.1. The van der Waals surface area contributed by atoms with E-state index in [-0.39, 0.29) is 5.75 Å². The summed E-state index contributed by atoms with van der Waals surface area (Å²) >= 11 is 0. The highest BCUT2D eigenvalue weighted by atomic mass is 16.5. The van der Waals surface area contributed by atoms with E-state index in [1.807, 2.05) is 56.3 Å². The predicted octanol–water partition coefficient (Wildman–Crippen LogP) is 4.31. The monoisotopic (exact) mass is 435 g/mol. The molecule has 0 amide bonds. The van der Waals surface area contributed by atoms with Crippen LogP contribution in [0, 0.1) is 0 Å². The predicted molar refractivity (Wildman–Crippen MR) is 130 cm³/mol. The number of benzene rings is 2. The Morgan fingerprint density at radius 1 is 1.00 bits per heavy atom. The molecule has 0 spiro atoms. The van der Waals surface area contributed by atoms with E-state index in [0.717, 1.165) is 48.0 Å².